The maximum absolute atomic E-state index is 14.0. The van der Waals surface area contributed by atoms with Crippen LogP contribution in [0, 0.1) is 16.0 Å². The Kier molecular flexibility index (Phi) is 16.2. The molecule has 2 saturated heterocycles. The summed E-state index contributed by atoms with van der Waals surface area (Å²) >= 11 is 6.17. The summed E-state index contributed by atoms with van der Waals surface area (Å²) in [7, 11) is -4.56. The first-order valence-corrected chi connectivity index (χ1v) is 23.7. The molecule has 3 N–H and O–H groups in total. The Balaban J connectivity index is 0.000000933. The van der Waals surface area contributed by atoms with Gasteiger partial charge in [0.05, 0.1) is 15.4 Å². The number of carboxylic acid groups (broad SMARTS) is 1. The number of halogens is 4. The van der Waals surface area contributed by atoms with Crippen molar-refractivity contribution in [3.8, 4) is 33.8 Å². The number of rotatable bonds is 14. The number of carboxylic acids is 1. The number of carbonyl (C=O) groups is 2. The molecular weight excluding hydrogens is 939 g/mol. The van der Waals surface area contributed by atoms with Gasteiger partial charge in [0.1, 0.15) is 17.2 Å². The summed E-state index contributed by atoms with van der Waals surface area (Å²) in [6.07, 6.45) is -3.44. The molecule has 0 aliphatic carbocycles. The van der Waals surface area contributed by atoms with Crippen molar-refractivity contribution < 1.29 is 50.7 Å². The Morgan fingerprint density at radius 3 is 2.16 bits per heavy atom. The molecule has 0 aromatic heterocycles. The first-order valence-electron chi connectivity index (χ1n) is 21.8. The maximum atomic E-state index is 14.0. The van der Waals surface area contributed by atoms with E-state index >= 15 is 0 Å². The summed E-state index contributed by atoms with van der Waals surface area (Å²) in [5.41, 5.74) is 5.92. The lowest BCUT2D eigenvalue weighted by Crippen LogP contribution is -2.46. The van der Waals surface area contributed by atoms with Gasteiger partial charge in [0.15, 0.2) is 0 Å². The quantitative estimate of drug-likeness (QED) is 0.0695. The van der Waals surface area contributed by atoms with Crippen LogP contribution in [0.25, 0.3) is 22.3 Å². The monoisotopic (exact) mass is 985 g/mol. The second kappa shape index (κ2) is 22.4. The standard InChI is InChI=1S/C48H46ClN5O7S.C2HF3O2/c49-39-15-13-36(14-16-39)43-12-5-4-9-38(43)33-52-23-25-53(26-24-52)40-17-19-44(47(30-40)61-41-11-6-10-37(29-41)35-7-2-1-3-8-35)48(55)51-62(58,59)42-18-20-45(46(31-42)54(56)57)50-32-34-21-27-60-28-22-34;3-2(4,5)1(6)7/h1-20,29-31,34,50H,21-28,32-33H2,(H,51,55);(H,6,7). The van der Waals surface area contributed by atoms with Crippen LogP contribution in [-0.4, -0.2) is 87.3 Å². The van der Waals surface area contributed by atoms with Crippen LogP contribution >= 0.6 is 11.6 Å². The van der Waals surface area contributed by atoms with Crippen LogP contribution in [0.2, 0.25) is 5.02 Å². The number of benzene rings is 6. The van der Waals surface area contributed by atoms with E-state index in [9.17, 15) is 36.5 Å². The van der Waals surface area contributed by atoms with Crippen LogP contribution in [0.1, 0.15) is 28.8 Å². The predicted molar refractivity (Wildman–Crippen MR) is 256 cm³/mol. The zero-order valence-corrected chi connectivity index (χ0v) is 38.5. The highest BCUT2D eigenvalue weighted by Gasteiger charge is 2.38. The van der Waals surface area contributed by atoms with Crippen LogP contribution in [0.3, 0.4) is 0 Å². The molecule has 0 unspecified atom stereocenters. The number of nitro groups is 1. The van der Waals surface area contributed by atoms with Gasteiger partial charge >= 0.3 is 12.1 Å². The summed E-state index contributed by atoms with van der Waals surface area (Å²) < 4.78 is 73.2. The fraction of sp³-hybridized carbons (Fsp3) is 0.240. The Morgan fingerprint density at radius 2 is 1.48 bits per heavy atom. The predicted octanol–water partition coefficient (Wildman–Crippen LogP) is 10.3. The molecule has 14 nitrogen and oxygen atoms in total. The third-order valence-corrected chi connectivity index (χ3v) is 13.1. The smallest absolute Gasteiger partial charge is 0.475 e. The number of nitrogens with zero attached hydrogens (tertiary/aromatic N) is 3. The summed E-state index contributed by atoms with van der Waals surface area (Å²) in [4.78, 5) is 38.6. The summed E-state index contributed by atoms with van der Waals surface area (Å²) in [6, 6.07) is 42.1. The van der Waals surface area contributed by atoms with Crippen molar-refractivity contribution in [2.75, 3.05) is 56.2 Å². The van der Waals surface area contributed by atoms with E-state index in [2.05, 4.69) is 38.0 Å². The van der Waals surface area contributed by atoms with E-state index in [0.717, 1.165) is 66.5 Å². The minimum absolute atomic E-state index is 0.0240. The molecule has 2 aliphatic rings. The van der Waals surface area contributed by atoms with Gasteiger partial charge in [-0.05, 0) is 95.1 Å². The van der Waals surface area contributed by atoms with Crippen molar-refractivity contribution in [3.63, 3.8) is 0 Å². The number of hydrogen-bond donors (Lipinski definition) is 3. The van der Waals surface area contributed by atoms with E-state index in [1.165, 1.54) is 17.7 Å². The molecule has 0 atom stereocenters. The second-order valence-corrected chi connectivity index (χ2v) is 18.3. The average molecular weight is 986 g/mol. The molecule has 2 fully saturated rings. The molecule has 0 bridgehead atoms. The van der Waals surface area contributed by atoms with Crippen molar-refractivity contribution >= 4 is 50.6 Å². The first-order chi connectivity index (χ1) is 33.0. The average Bonchev–Trinajstić information content (AvgIpc) is 3.34. The largest absolute Gasteiger partial charge is 0.490 e. The molecule has 0 radical (unpaired) electrons. The lowest BCUT2D eigenvalue weighted by atomic mass is 9.99. The van der Waals surface area contributed by atoms with Crippen LogP contribution in [0.15, 0.2) is 144 Å². The number of alkyl halides is 3. The number of ether oxygens (including phenoxy) is 2. The normalized spacial score (nSPS) is 14.5. The lowest BCUT2D eigenvalue weighted by Gasteiger charge is -2.36. The van der Waals surface area contributed by atoms with Gasteiger partial charge < -0.3 is 24.8 Å². The van der Waals surface area contributed by atoms with Gasteiger partial charge in [-0.2, -0.15) is 13.2 Å². The summed E-state index contributed by atoms with van der Waals surface area (Å²) in [5.74, 6) is -2.83. The van der Waals surface area contributed by atoms with Gasteiger partial charge in [0.25, 0.3) is 21.6 Å². The van der Waals surface area contributed by atoms with Crippen molar-refractivity contribution in [2.45, 2.75) is 30.5 Å². The second-order valence-electron chi connectivity index (χ2n) is 16.2. The number of amides is 1. The van der Waals surface area contributed by atoms with E-state index < -0.39 is 43.6 Å². The molecule has 2 aliphatic heterocycles. The van der Waals surface area contributed by atoms with E-state index in [1.807, 2.05) is 78.9 Å². The Bertz CT molecular complexity index is 2880. The Hall–Kier alpha value is -6.99. The molecule has 19 heteroatoms. The molecule has 8 rings (SSSR count). The van der Waals surface area contributed by atoms with Crippen molar-refractivity contribution in [1.29, 1.82) is 0 Å². The third kappa shape index (κ3) is 13.4. The van der Waals surface area contributed by atoms with Crippen LogP contribution in [0.4, 0.5) is 30.2 Å². The number of anilines is 2. The Morgan fingerprint density at radius 1 is 0.812 bits per heavy atom. The third-order valence-electron chi connectivity index (χ3n) is 11.6. The molecule has 360 valence electrons. The fourth-order valence-corrected chi connectivity index (χ4v) is 8.98. The van der Waals surface area contributed by atoms with E-state index in [1.54, 1.807) is 24.3 Å². The molecule has 6 aromatic carbocycles. The summed E-state index contributed by atoms with van der Waals surface area (Å²) in [5, 5.41) is 23.0. The number of sulfonamides is 1. The topological polar surface area (TPSA) is 181 Å². The number of hydrogen-bond acceptors (Lipinski definition) is 11. The van der Waals surface area contributed by atoms with E-state index in [-0.39, 0.29) is 22.9 Å². The number of nitrogens with one attached hydrogen (secondary N) is 2. The van der Waals surface area contributed by atoms with Gasteiger partial charge in [-0.25, -0.2) is 17.9 Å². The highest BCUT2D eigenvalue weighted by atomic mass is 35.5. The van der Waals surface area contributed by atoms with Gasteiger partial charge in [-0.3, -0.25) is 19.8 Å². The van der Waals surface area contributed by atoms with Gasteiger partial charge in [0, 0.05) is 75.3 Å². The van der Waals surface area contributed by atoms with Crippen LogP contribution < -0.4 is 19.7 Å². The number of piperazine rings is 1. The molecule has 0 spiro atoms. The van der Waals surface area contributed by atoms with Crippen LogP contribution in [-0.2, 0) is 26.1 Å². The van der Waals surface area contributed by atoms with Gasteiger partial charge in [-0.1, -0.05) is 90.5 Å². The highest BCUT2D eigenvalue weighted by molar-refractivity contribution is 7.90. The molecule has 6 aromatic rings. The van der Waals surface area contributed by atoms with Crippen molar-refractivity contribution in [3.05, 3.63) is 166 Å². The number of aliphatic carboxylic acids is 1. The fourth-order valence-electron chi connectivity index (χ4n) is 7.87. The zero-order valence-electron chi connectivity index (χ0n) is 36.9. The zero-order chi connectivity index (χ0) is 49.1. The minimum Gasteiger partial charge on any atom is -0.475 e. The highest BCUT2D eigenvalue weighted by Crippen LogP contribution is 2.35. The number of nitro benzene ring substituents is 1. The maximum Gasteiger partial charge on any atom is 0.490 e. The SMILES string of the molecule is O=C(NS(=O)(=O)c1ccc(NCC2CCOCC2)c([N+](=O)[O-])c1)c1ccc(N2CCN(Cc3ccccc3-c3ccc(Cl)cc3)CC2)cc1Oc1cccc(-c2ccccc2)c1.O=C(O)C(F)(F)F. The Labute approximate surface area is 401 Å². The molecule has 0 saturated carbocycles. The molecule has 1 amide bonds. The van der Waals surface area contributed by atoms with E-state index in [4.69, 9.17) is 31.0 Å². The van der Waals surface area contributed by atoms with E-state index in [0.29, 0.717) is 43.6 Å². The first kappa shape index (κ1) is 49.9. The lowest BCUT2D eigenvalue weighted by molar-refractivity contribution is -0.384. The van der Waals surface area contributed by atoms with Gasteiger partial charge in [0.2, 0.25) is 0 Å². The molecule has 69 heavy (non-hydrogen) atoms. The van der Waals surface area contributed by atoms with Crippen molar-refractivity contribution in [2.24, 2.45) is 5.92 Å². The number of carbonyl (C=O) groups excluding carboxylic acids is 1. The minimum atomic E-state index is -5.08. The summed E-state index contributed by atoms with van der Waals surface area (Å²) in [6.45, 7) is 5.46. The van der Waals surface area contributed by atoms with Crippen molar-refractivity contribution in [1.82, 2.24) is 9.62 Å². The van der Waals surface area contributed by atoms with Gasteiger partial charge in [-0.15, -0.1) is 0 Å². The molecular formula is C50H47ClF3N5O9S. The molecule has 2 heterocycles. The van der Waals surface area contributed by atoms with Crippen LogP contribution in [0.5, 0.6) is 11.5 Å².